The highest BCUT2D eigenvalue weighted by atomic mass is 16.6. The lowest BCUT2D eigenvalue weighted by Crippen LogP contribution is -2.19. The number of esters is 2. The maximum absolute atomic E-state index is 12.0. The smallest absolute Gasteiger partial charge is 0.344 e. The van der Waals surface area contributed by atoms with Crippen LogP contribution in [0.1, 0.15) is 36.7 Å². The number of hydrogen-bond donors (Lipinski definition) is 0. The van der Waals surface area contributed by atoms with Gasteiger partial charge < -0.3 is 23.7 Å². The van der Waals surface area contributed by atoms with E-state index in [-0.39, 0.29) is 25.3 Å². The minimum Gasteiger partial charge on any atom is -0.493 e. The van der Waals surface area contributed by atoms with Gasteiger partial charge in [0.15, 0.2) is 18.1 Å². The number of carbonyl (C=O) groups excluding carboxylic acids is 2. The SMILES string of the molecule is CCOc1c(OC)ccc(-c2cccc3c2COC3=O)c1OCC(=O)OC(C)C. The van der Waals surface area contributed by atoms with Gasteiger partial charge >= 0.3 is 11.9 Å². The molecular formula is C22H24O7. The lowest BCUT2D eigenvalue weighted by Gasteiger charge is -2.19. The lowest BCUT2D eigenvalue weighted by atomic mass is 9.95. The predicted octanol–water partition coefficient (Wildman–Crippen LogP) is 3.76. The van der Waals surface area contributed by atoms with Crippen molar-refractivity contribution in [3.63, 3.8) is 0 Å². The van der Waals surface area contributed by atoms with Crippen molar-refractivity contribution < 1.29 is 33.3 Å². The standard InChI is InChI=1S/C22H24O7/c1-5-26-21-18(25-4)10-9-15(20(21)27-12-19(23)29-13(2)3)14-7-6-8-16-17(14)11-28-22(16)24/h6-10,13H,5,11-12H2,1-4H3. The van der Waals surface area contributed by atoms with Crippen LogP contribution in [0.2, 0.25) is 0 Å². The topological polar surface area (TPSA) is 80.3 Å². The number of benzene rings is 2. The van der Waals surface area contributed by atoms with E-state index in [1.807, 2.05) is 19.1 Å². The third-order valence-electron chi connectivity index (χ3n) is 4.32. The molecule has 0 N–H and O–H groups in total. The Morgan fingerprint density at radius 2 is 1.83 bits per heavy atom. The van der Waals surface area contributed by atoms with Gasteiger partial charge in [0.05, 0.1) is 25.4 Å². The van der Waals surface area contributed by atoms with Gasteiger partial charge in [-0.25, -0.2) is 9.59 Å². The van der Waals surface area contributed by atoms with E-state index in [1.165, 1.54) is 7.11 Å². The second-order valence-corrected chi connectivity index (χ2v) is 6.64. The first-order valence-electron chi connectivity index (χ1n) is 9.41. The Morgan fingerprint density at radius 3 is 2.52 bits per heavy atom. The van der Waals surface area contributed by atoms with Crippen molar-refractivity contribution in [1.82, 2.24) is 0 Å². The molecule has 0 fully saturated rings. The van der Waals surface area contributed by atoms with Crippen molar-refractivity contribution in [2.45, 2.75) is 33.5 Å². The number of cyclic esters (lactones) is 1. The van der Waals surface area contributed by atoms with Gasteiger partial charge in [-0.05, 0) is 44.5 Å². The zero-order valence-electron chi connectivity index (χ0n) is 16.9. The summed E-state index contributed by atoms with van der Waals surface area (Å²) in [6.07, 6.45) is -0.247. The lowest BCUT2D eigenvalue weighted by molar-refractivity contribution is -0.149. The van der Waals surface area contributed by atoms with Crippen LogP contribution in [0.25, 0.3) is 11.1 Å². The Labute approximate surface area is 169 Å². The minimum absolute atomic E-state index is 0.176. The van der Waals surface area contributed by atoms with Gasteiger partial charge in [-0.3, -0.25) is 0 Å². The third-order valence-corrected chi connectivity index (χ3v) is 4.32. The molecule has 1 aliphatic rings. The maximum atomic E-state index is 12.0. The minimum atomic E-state index is -0.493. The van der Waals surface area contributed by atoms with E-state index in [0.717, 1.165) is 11.1 Å². The van der Waals surface area contributed by atoms with E-state index in [2.05, 4.69) is 0 Å². The fourth-order valence-electron chi connectivity index (χ4n) is 3.17. The summed E-state index contributed by atoms with van der Waals surface area (Å²) in [7, 11) is 1.53. The summed E-state index contributed by atoms with van der Waals surface area (Å²) in [6.45, 7) is 5.64. The molecule has 154 valence electrons. The maximum Gasteiger partial charge on any atom is 0.344 e. The number of hydrogen-bond acceptors (Lipinski definition) is 7. The van der Waals surface area contributed by atoms with Crippen molar-refractivity contribution in [3.8, 4) is 28.4 Å². The molecule has 0 radical (unpaired) electrons. The summed E-state index contributed by atoms with van der Waals surface area (Å²) in [5.41, 5.74) is 2.71. The summed E-state index contributed by atoms with van der Waals surface area (Å²) in [5, 5.41) is 0. The number of carbonyl (C=O) groups is 2. The molecule has 1 heterocycles. The van der Waals surface area contributed by atoms with Crippen molar-refractivity contribution in [1.29, 1.82) is 0 Å². The van der Waals surface area contributed by atoms with E-state index in [0.29, 0.717) is 35.0 Å². The molecule has 0 bridgehead atoms. The van der Waals surface area contributed by atoms with Crippen molar-refractivity contribution in [3.05, 3.63) is 41.5 Å². The Balaban J connectivity index is 2.08. The first-order chi connectivity index (χ1) is 14.0. The highest BCUT2D eigenvalue weighted by molar-refractivity contribution is 5.96. The van der Waals surface area contributed by atoms with Crippen molar-refractivity contribution in [2.24, 2.45) is 0 Å². The second kappa shape index (κ2) is 8.86. The monoisotopic (exact) mass is 400 g/mol. The van der Waals surface area contributed by atoms with Gasteiger partial charge in [-0.2, -0.15) is 0 Å². The molecule has 0 atom stereocenters. The first-order valence-corrected chi connectivity index (χ1v) is 9.41. The molecule has 0 saturated heterocycles. The van der Waals surface area contributed by atoms with E-state index in [9.17, 15) is 9.59 Å². The molecule has 29 heavy (non-hydrogen) atoms. The normalized spacial score (nSPS) is 12.4. The fourth-order valence-corrected chi connectivity index (χ4v) is 3.17. The van der Waals surface area contributed by atoms with Gasteiger partial charge in [-0.1, -0.05) is 12.1 Å². The molecule has 0 unspecified atom stereocenters. The molecule has 2 aromatic rings. The average molecular weight is 400 g/mol. The Hall–Kier alpha value is -3.22. The van der Waals surface area contributed by atoms with Gasteiger partial charge in [0.25, 0.3) is 0 Å². The van der Waals surface area contributed by atoms with Crippen LogP contribution in [0.15, 0.2) is 30.3 Å². The van der Waals surface area contributed by atoms with Crippen LogP contribution >= 0.6 is 0 Å². The molecule has 0 spiro atoms. The van der Waals surface area contributed by atoms with Crippen LogP contribution < -0.4 is 14.2 Å². The molecule has 0 amide bonds. The summed E-state index contributed by atoms with van der Waals surface area (Å²) in [6, 6.07) is 8.95. The summed E-state index contributed by atoms with van der Waals surface area (Å²) >= 11 is 0. The van der Waals surface area contributed by atoms with Crippen LogP contribution in [-0.4, -0.2) is 38.4 Å². The van der Waals surface area contributed by atoms with Crippen LogP contribution in [0.4, 0.5) is 0 Å². The van der Waals surface area contributed by atoms with Crippen LogP contribution in [0, 0.1) is 0 Å². The van der Waals surface area contributed by atoms with Crippen LogP contribution in [0.5, 0.6) is 17.2 Å². The van der Waals surface area contributed by atoms with Crippen LogP contribution in [0.3, 0.4) is 0 Å². The van der Waals surface area contributed by atoms with Crippen molar-refractivity contribution in [2.75, 3.05) is 20.3 Å². The van der Waals surface area contributed by atoms with E-state index in [1.54, 1.807) is 32.0 Å². The van der Waals surface area contributed by atoms with Gasteiger partial charge in [0, 0.05) is 11.1 Å². The fraction of sp³-hybridized carbons (Fsp3) is 0.364. The number of rotatable bonds is 8. The molecule has 0 saturated carbocycles. The van der Waals surface area contributed by atoms with Crippen LogP contribution in [-0.2, 0) is 20.9 Å². The zero-order chi connectivity index (χ0) is 21.0. The molecular weight excluding hydrogens is 376 g/mol. The predicted molar refractivity (Wildman–Crippen MR) is 105 cm³/mol. The third kappa shape index (κ3) is 4.29. The molecule has 7 heteroatoms. The Bertz CT molecular complexity index is 918. The molecule has 0 aromatic heterocycles. The zero-order valence-corrected chi connectivity index (χ0v) is 16.9. The number of ether oxygens (including phenoxy) is 5. The van der Waals surface area contributed by atoms with Gasteiger partial charge in [0.2, 0.25) is 5.75 Å². The largest absolute Gasteiger partial charge is 0.493 e. The molecule has 0 aliphatic carbocycles. The van der Waals surface area contributed by atoms with E-state index in [4.69, 9.17) is 23.7 Å². The quantitative estimate of drug-likeness (QED) is 0.624. The summed E-state index contributed by atoms with van der Waals surface area (Å²) in [4.78, 5) is 24.0. The Morgan fingerprint density at radius 1 is 1.07 bits per heavy atom. The molecule has 1 aliphatic heterocycles. The summed E-state index contributed by atoms with van der Waals surface area (Å²) in [5.74, 6) is 0.353. The highest BCUT2D eigenvalue weighted by Gasteiger charge is 2.27. The molecule has 3 rings (SSSR count). The second-order valence-electron chi connectivity index (χ2n) is 6.64. The molecule has 7 nitrogen and oxygen atoms in total. The summed E-state index contributed by atoms with van der Waals surface area (Å²) < 4.78 is 27.4. The molecule has 2 aromatic carbocycles. The Kier molecular flexibility index (Phi) is 6.26. The van der Waals surface area contributed by atoms with Gasteiger partial charge in [0.1, 0.15) is 6.61 Å². The first kappa shape index (κ1) is 20.5. The van der Waals surface area contributed by atoms with Crippen molar-refractivity contribution >= 4 is 11.9 Å². The number of fused-ring (bicyclic) bond motifs is 1. The van der Waals surface area contributed by atoms with E-state index < -0.39 is 5.97 Å². The van der Waals surface area contributed by atoms with E-state index >= 15 is 0 Å². The number of methoxy groups -OCH3 is 1. The van der Waals surface area contributed by atoms with Gasteiger partial charge in [-0.15, -0.1) is 0 Å². The highest BCUT2D eigenvalue weighted by Crippen LogP contribution is 2.46. The average Bonchev–Trinajstić information content (AvgIpc) is 3.07.